The number of aromatic nitrogens is 6. The Kier molecular flexibility index (Phi) is 7.97. The van der Waals surface area contributed by atoms with Crippen molar-refractivity contribution in [1.82, 2.24) is 34.4 Å². The second kappa shape index (κ2) is 11.2. The van der Waals surface area contributed by atoms with E-state index in [9.17, 15) is 27.9 Å². The molecule has 1 amide bonds. The number of carbonyl (C=O) groups excluding carboxylic acids is 1. The molecule has 0 saturated heterocycles. The first-order chi connectivity index (χ1) is 18.1. The van der Waals surface area contributed by atoms with Gasteiger partial charge in [-0.25, -0.2) is 19.1 Å². The van der Waals surface area contributed by atoms with Crippen LogP contribution in [0.15, 0.2) is 59.7 Å². The highest BCUT2D eigenvalue weighted by Crippen LogP contribution is 2.24. The standard InChI is InChI=1S/C24H23ClF3N7O3/c1-2-11-29-22(37)17-5-3-4-6-18(17)35-14-30-20(31-35)13-34-23(38)33(12-19(36)24(26,27)28)21(32-34)15-7-9-16(25)10-8-15/h3-10,14,19,36H,2,11-13H2,1H3,(H,29,37)/t19-/m0/s1. The van der Waals surface area contributed by atoms with Crippen molar-refractivity contribution in [2.75, 3.05) is 6.54 Å². The third-order valence-electron chi connectivity index (χ3n) is 5.52. The van der Waals surface area contributed by atoms with Crippen LogP contribution in [-0.4, -0.2) is 59.0 Å². The molecule has 0 aliphatic heterocycles. The van der Waals surface area contributed by atoms with Crippen molar-refractivity contribution in [3.63, 3.8) is 0 Å². The lowest BCUT2D eigenvalue weighted by Crippen LogP contribution is -2.37. The number of benzene rings is 2. The summed E-state index contributed by atoms with van der Waals surface area (Å²) in [6.07, 6.45) is -5.59. The SMILES string of the molecule is CCCNC(=O)c1ccccc1-n1cnc(Cn2nc(-c3ccc(Cl)cc3)n(C[C@H](O)C(F)(F)F)c2=O)n1. The lowest BCUT2D eigenvalue weighted by Gasteiger charge is -2.15. The summed E-state index contributed by atoms with van der Waals surface area (Å²) in [5.74, 6) is -0.253. The van der Waals surface area contributed by atoms with E-state index in [0.29, 0.717) is 28.4 Å². The van der Waals surface area contributed by atoms with E-state index in [1.165, 1.54) is 35.3 Å². The van der Waals surface area contributed by atoms with Crippen molar-refractivity contribution in [2.45, 2.75) is 38.7 Å². The highest BCUT2D eigenvalue weighted by Gasteiger charge is 2.39. The first-order valence-electron chi connectivity index (χ1n) is 11.5. The van der Waals surface area contributed by atoms with Crippen molar-refractivity contribution < 1.29 is 23.1 Å². The third kappa shape index (κ3) is 5.94. The second-order valence-corrected chi connectivity index (χ2v) is 8.75. The van der Waals surface area contributed by atoms with E-state index in [2.05, 4.69) is 20.5 Å². The number of carbonyl (C=O) groups is 1. The van der Waals surface area contributed by atoms with Crippen molar-refractivity contribution in [3.8, 4) is 17.1 Å². The minimum atomic E-state index is -4.93. The molecule has 2 N–H and O–H groups in total. The number of rotatable bonds is 9. The molecule has 38 heavy (non-hydrogen) atoms. The summed E-state index contributed by atoms with van der Waals surface area (Å²) in [7, 11) is 0. The zero-order valence-corrected chi connectivity index (χ0v) is 20.8. The number of nitrogens with one attached hydrogen (secondary N) is 1. The van der Waals surface area contributed by atoms with Crippen LogP contribution in [0, 0.1) is 0 Å². The van der Waals surface area contributed by atoms with Gasteiger partial charge in [-0.05, 0) is 42.8 Å². The van der Waals surface area contributed by atoms with Crippen LogP contribution in [0.25, 0.3) is 17.1 Å². The van der Waals surface area contributed by atoms with Gasteiger partial charge >= 0.3 is 11.9 Å². The van der Waals surface area contributed by atoms with Crippen LogP contribution < -0.4 is 11.0 Å². The monoisotopic (exact) mass is 549 g/mol. The number of hydrogen-bond acceptors (Lipinski definition) is 6. The molecule has 10 nitrogen and oxygen atoms in total. The van der Waals surface area contributed by atoms with Gasteiger partial charge in [0, 0.05) is 17.1 Å². The third-order valence-corrected chi connectivity index (χ3v) is 5.77. The molecule has 0 aliphatic carbocycles. The van der Waals surface area contributed by atoms with E-state index in [0.717, 1.165) is 15.7 Å². The van der Waals surface area contributed by atoms with Gasteiger partial charge < -0.3 is 10.4 Å². The quantitative estimate of drug-likeness (QED) is 0.331. The first kappa shape index (κ1) is 27.1. The Balaban J connectivity index is 1.67. The van der Waals surface area contributed by atoms with E-state index in [-0.39, 0.29) is 24.1 Å². The van der Waals surface area contributed by atoms with E-state index in [1.54, 1.807) is 24.3 Å². The Morgan fingerprint density at radius 3 is 2.53 bits per heavy atom. The molecular formula is C24H23ClF3N7O3. The molecule has 200 valence electrons. The zero-order valence-electron chi connectivity index (χ0n) is 20.1. The van der Waals surface area contributed by atoms with Crippen molar-refractivity contribution in [2.24, 2.45) is 0 Å². The van der Waals surface area contributed by atoms with Gasteiger partial charge in [0.05, 0.1) is 17.8 Å². The van der Waals surface area contributed by atoms with Crippen molar-refractivity contribution in [1.29, 1.82) is 0 Å². The van der Waals surface area contributed by atoms with Crippen LogP contribution in [0.2, 0.25) is 5.02 Å². The lowest BCUT2D eigenvalue weighted by atomic mass is 10.1. The predicted molar refractivity (Wildman–Crippen MR) is 132 cm³/mol. The number of halogens is 4. The van der Waals surface area contributed by atoms with E-state index in [1.807, 2.05) is 6.92 Å². The molecule has 0 saturated carbocycles. The van der Waals surface area contributed by atoms with Crippen LogP contribution in [0.4, 0.5) is 13.2 Å². The Morgan fingerprint density at radius 2 is 1.84 bits per heavy atom. The highest BCUT2D eigenvalue weighted by atomic mass is 35.5. The molecule has 0 bridgehead atoms. The van der Waals surface area contributed by atoms with Gasteiger partial charge in [0.2, 0.25) is 0 Å². The number of aliphatic hydroxyl groups is 1. The fraction of sp³-hybridized carbons (Fsp3) is 0.292. The summed E-state index contributed by atoms with van der Waals surface area (Å²) in [5.41, 5.74) is 0.247. The minimum Gasteiger partial charge on any atom is -0.382 e. The summed E-state index contributed by atoms with van der Waals surface area (Å²) in [5, 5.41) is 21.3. The summed E-state index contributed by atoms with van der Waals surface area (Å²) in [4.78, 5) is 29.8. The summed E-state index contributed by atoms with van der Waals surface area (Å²) >= 11 is 5.91. The summed E-state index contributed by atoms with van der Waals surface area (Å²) < 4.78 is 42.2. The van der Waals surface area contributed by atoms with E-state index >= 15 is 0 Å². The molecule has 2 heterocycles. The smallest absolute Gasteiger partial charge is 0.382 e. The largest absolute Gasteiger partial charge is 0.416 e. The molecule has 4 rings (SSSR count). The van der Waals surface area contributed by atoms with E-state index < -0.39 is 24.5 Å². The molecule has 0 fully saturated rings. The summed E-state index contributed by atoms with van der Waals surface area (Å²) in [6.45, 7) is 1.11. The van der Waals surface area contributed by atoms with Gasteiger partial charge in [0.25, 0.3) is 5.91 Å². The molecular weight excluding hydrogens is 527 g/mol. The number of amides is 1. The fourth-order valence-corrected chi connectivity index (χ4v) is 3.74. The van der Waals surface area contributed by atoms with Gasteiger partial charge in [0.15, 0.2) is 17.8 Å². The Labute approximate surface area is 219 Å². The first-order valence-corrected chi connectivity index (χ1v) is 11.9. The summed E-state index contributed by atoms with van der Waals surface area (Å²) in [6, 6.07) is 12.8. The molecule has 0 aliphatic rings. The average Bonchev–Trinajstić information content (AvgIpc) is 3.47. The zero-order chi connectivity index (χ0) is 27.4. The molecule has 14 heteroatoms. The van der Waals surface area contributed by atoms with Gasteiger partial charge in [-0.3, -0.25) is 9.36 Å². The van der Waals surface area contributed by atoms with Crippen LogP contribution in [0.1, 0.15) is 29.5 Å². The predicted octanol–water partition coefficient (Wildman–Crippen LogP) is 3.06. The van der Waals surface area contributed by atoms with Gasteiger partial charge in [-0.15, -0.1) is 10.2 Å². The molecule has 4 aromatic rings. The van der Waals surface area contributed by atoms with Crippen molar-refractivity contribution in [3.05, 3.63) is 81.8 Å². The normalized spacial score (nSPS) is 12.5. The number of hydrogen-bond donors (Lipinski definition) is 2. The van der Waals surface area contributed by atoms with Gasteiger partial charge in [0.1, 0.15) is 12.9 Å². The molecule has 0 spiro atoms. The Hall–Kier alpha value is -3.97. The van der Waals surface area contributed by atoms with Crippen LogP contribution in [0.3, 0.4) is 0 Å². The Bertz CT molecular complexity index is 1480. The second-order valence-electron chi connectivity index (χ2n) is 8.32. The number of alkyl halides is 3. The number of para-hydroxylation sites is 1. The topological polar surface area (TPSA) is 120 Å². The molecule has 0 radical (unpaired) electrons. The minimum absolute atomic E-state index is 0.0904. The molecule has 2 aromatic heterocycles. The maximum atomic E-state index is 13.1. The van der Waals surface area contributed by atoms with Crippen molar-refractivity contribution >= 4 is 17.5 Å². The average molecular weight is 550 g/mol. The molecule has 0 unspecified atom stereocenters. The van der Waals surface area contributed by atoms with Crippen LogP contribution >= 0.6 is 11.6 Å². The molecule has 2 aromatic carbocycles. The number of aliphatic hydroxyl groups excluding tert-OH is 1. The lowest BCUT2D eigenvalue weighted by molar-refractivity contribution is -0.207. The van der Waals surface area contributed by atoms with Crippen LogP contribution in [0.5, 0.6) is 0 Å². The molecule has 1 atom stereocenters. The maximum absolute atomic E-state index is 13.1. The highest BCUT2D eigenvalue weighted by molar-refractivity contribution is 6.30. The van der Waals surface area contributed by atoms with Gasteiger partial charge in [-0.1, -0.05) is 30.7 Å². The fourth-order valence-electron chi connectivity index (χ4n) is 3.62. The van der Waals surface area contributed by atoms with Crippen LogP contribution in [-0.2, 0) is 13.1 Å². The number of nitrogens with zero attached hydrogens (tertiary/aromatic N) is 6. The van der Waals surface area contributed by atoms with E-state index in [4.69, 9.17) is 11.6 Å². The maximum Gasteiger partial charge on any atom is 0.416 e. The van der Waals surface area contributed by atoms with Gasteiger partial charge in [-0.2, -0.15) is 13.2 Å². The Morgan fingerprint density at radius 1 is 1.13 bits per heavy atom.